The molecule has 1 aliphatic heterocycles. The summed E-state index contributed by atoms with van der Waals surface area (Å²) in [5, 5.41) is 3.61. The first kappa shape index (κ1) is 15.9. The zero-order chi connectivity index (χ0) is 14.5. The van der Waals surface area contributed by atoms with Gasteiger partial charge in [0.15, 0.2) is 0 Å². The molecular weight excluding hydrogens is 319 g/mol. The summed E-state index contributed by atoms with van der Waals surface area (Å²) in [4.78, 5) is 2.37. The van der Waals surface area contributed by atoms with E-state index in [0.717, 1.165) is 36.1 Å². The van der Waals surface area contributed by atoms with Crippen LogP contribution in [0.2, 0.25) is 0 Å². The fourth-order valence-corrected chi connectivity index (χ4v) is 3.26. The molecule has 1 heterocycles. The molecule has 2 rings (SSSR count). The first-order valence-electron chi connectivity index (χ1n) is 7.44. The van der Waals surface area contributed by atoms with Gasteiger partial charge in [-0.1, -0.05) is 29.8 Å². The van der Waals surface area contributed by atoms with Crippen molar-refractivity contribution in [3.05, 3.63) is 34.1 Å². The van der Waals surface area contributed by atoms with Crippen molar-refractivity contribution in [2.45, 2.75) is 39.3 Å². The molecule has 112 valence electrons. The van der Waals surface area contributed by atoms with Crippen molar-refractivity contribution in [2.75, 3.05) is 19.6 Å². The van der Waals surface area contributed by atoms with Crippen molar-refractivity contribution in [3.8, 4) is 0 Å². The van der Waals surface area contributed by atoms with Gasteiger partial charge in [0.1, 0.15) is 5.82 Å². The Balaban J connectivity index is 2.01. The summed E-state index contributed by atoms with van der Waals surface area (Å²) in [6.45, 7) is 8.31. The van der Waals surface area contributed by atoms with Crippen LogP contribution in [0.4, 0.5) is 4.39 Å². The fraction of sp³-hybridized carbons (Fsp3) is 0.625. The smallest absolute Gasteiger partial charge is 0.127 e. The molecule has 1 aliphatic rings. The summed E-state index contributed by atoms with van der Waals surface area (Å²) in [5.41, 5.74) is 0.782. The molecule has 1 fully saturated rings. The second-order valence-electron chi connectivity index (χ2n) is 6.10. The number of benzene rings is 1. The number of nitrogens with zero attached hydrogens (tertiary/aromatic N) is 1. The number of hydrogen-bond acceptors (Lipinski definition) is 2. The van der Waals surface area contributed by atoms with Crippen LogP contribution in [0.25, 0.3) is 0 Å². The Labute approximate surface area is 129 Å². The molecule has 20 heavy (non-hydrogen) atoms. The third-order valence-electron chi connectivity index (χ3n) is 3.72. The van der Waals surface area contributed by atoms with Gasteiger partial charge < -0.3 is 5.32 Å². The Kier molecular flexibility index (Phi) is 6.00. The molecule has 0 bridgehead atoms. The standard InChI is InChI=1S/C16H24BrFN2/c1-12(2)8-15-11-20(7-3-6-19-15)10-13-9-14(17)4-5-16(13)18/h4-5,9,12,15,19H,3,6-8,10-11H2,1-2H3. The van der Waals surface area contributed by atoms with Crippen molar-refractivity contribution in [3.63, 3.8) is 0 Å². The van der Waals surface area contributed by atoms with Crippen LogP contribution < -0.4 is 5.32 Å². The first-order chi connectivity index (χ1) is 9.54. The molecular formula is C16H24BrFN2. The molecule has 1 aromatic rings. The van der Waals surface area contributed by atoms with Crippen LogP contribution in [0.1, 0.15) is 32.3 Å². The van der Waals surface area contributed by atoms with Gasteiger partial charge in [0.25, 0.3) is 0 Å². The predicted octanol–water partition coefficient (Wildman–Crippen LogP) is 3.80. The molecule has 0 radical (unpaired) electrons. The lowest BCUT2D eigenvalue weighted by Gasteiger charge is -2.25. The lowest BCUT2D eigenvalue weighted by atomic mass is 10.0. The summed E-state index contributed by atoms with van der Waals surface area (Å²) in [5.74, 6) is 0.584. The molecule has 0 spiro atoms. The van der Waals surface area contributed by atoms with E-state index in [0.29, 0.717) is 18.5 Å². The van der Waals surface area contributed by atoms with Gasteiger partial charge >= 0.3 is 0 Å². The van der Waals surface area contributed by atoms with Crippen LogP contribution in [-0.4, -0.2) is 30.6 Å². The summed E-state index contributed by atoms with van der Waals surface area (Å²) in [7, 11) is 0. The van der Waals surface area contributed by atoms with E-state index in [-0.39, 0.29) is 5.82 Å². The van der Waals surface area contributed by atoms with Gasteiger partial charge in [0, 0.05) is 29.2 Å². The highest BCUT2D eigenvalue weighted by Gasteiger charge is 2.19. The number of nitrogens with one attached hydrogen (secondary N) is 1. The minimum absolute atomic E-state index is 0.106. The van der Waals surface area contributed by atoms with Gasteiger partial charge in [-0.3, -0.25) is 4.90 Å². The van der Waals surface area contributed by atoms with Gasteiger partial charge in [-0.15, -0.1) is 0 Å². The van der Waals surface area contributed by atoms with Crippen LogP contribution in [0.15, 0.2) is 22.7 Å². The molecule has 4 heteroatoms. The minimum atomic E-state index is -0.106. The summed E-state index contributed by atoms with van der Waals surface area (Å²) in [6.07, 6.45) is 2.31. The highest BCUT2D eigenvalue weighted by Crippen LogP contribution is 2.19. The third kappa shape index (κ3) is 4.83. The molecule has 1 aromatic carbocycles. The molecule has 1 unspecified atom stereocenters. The van der Waals surface area contributed by atoms with E-state index >= 15 is 0 Å². The lowest BCUT2D eigenvalue weighted by molar-refractivity contribution is 0.244. The summed E-state index contributed by atoms with van der Waals surface area (Å²) < 4.78 is 14.8. The van der Waals surface area contributed by atoms with Gasteiger partial charge in [-0.25, -0.2) is 4.39 Å². The first-order valence-corrected chi connectivity index (χ1v) is 8.23. The maximum Gasteiger partial charge on any atom is 0.127 e. The van der Waals surface area contributed by atoms with E-state index < -0.39 is 0 Å². The molecule has 0 amide bonds. The largest absolute Gasteiger partial charge is 0.313 e. The Bertz CT molecular complexity index is 436. The van der Waals surface area contributed by atoms with E-state index in [1.807, 2.05) is 6.07 Å². The zero-order valence-electron chi connectivity index (χ0n) is 12.3. The van der Waals surface area contributed by atoms with E-state index in [4.69, 9.17) is 0 Å². The fourth-order valence-electron chi connectivity index (χ4n) is 2.85. The summed E-state index contributed by atoms with van der Waals surface area (Å²) in [6, 6.07) is 5.71. The maximum absolute atomic E-state index is 13.9. The van der Waals surface area contributed by atoms with Crippen molar-refractivity contribution in [2.24, 2.45) is 5.92 Å². The molecule has 0 aliphatic carbocycles. The highest BCUT2D eigenvalue weighted by atomic mass is 79.9. The van der Waals surface area contributed by atoms with Crippen molar-refractivity contribution < 1.29 is 4.39 Å². The van der Waals surface area contributed by atoms with Crippen molar-refractivity contribution >= 4 is 15.9 Å². The van der Waals surface area contributed by atoms with E-state index in [1.54, 1.807) is 12.1 Å². The molecule has 0 aromatic heterocycles. The Morgan fingerprint density at radius 3 is 3.00 bits per heavy atom. The number of halogens is 2. The molecule has 0 saturated carbocycles. The van der Waals surface area contributed by atoms with Gasteiger partial charge in [-0.2, -0.15) is 0 Å². The lowest BCUT2D eigenvalue weighted by Crippen LogP contribution is -2.38. The van der Waals surface area contributed by atoms with E-state index in [1.165, 1.54) is 6.42 Å². The summed E-state index contributed by atoms with van der Waals surface area (Å²) >= 11 is 3.42. The van der Waals surface area contributed by atoms with Crippen molar-refractivity contribution in [1.82, 2.24) is 10.2 Å². The second kappa shape index (κ2) is 7.53. The quantitative estimate of drug-likeness (QED) is 0.895. The monoisotopic (exact) mass is 342 g/mol. The molecule has 1 atom stereocenters. The van der Waals surface area contributed by atoms with Crippen LogP contribution in [0.3, 0.4) is 0 Å². The predicted molar refractivity (Wildman–Crippen MR) is 85.2 cm³/mol. The number of hydrogen-bond donors (Lipinski definition) is 1. The normalized spacial score (nSPS) is 21.1. The highest BCUT2D eigenvalue weighted by molar-refractivity contribution is 9.10. The molecule has 1 saturated heterocycles. The molecule has 2 nitrogen and oxygen atoms in total. The average molecular weight is 343 g/mol. The van der Waals surface area contributed by atoms with Crippen molar-refractivity contribution in [1.29, 1.82) is 0 Å². The zero-order valence-corrected chi connectivity index (χ0v) is 13.9. The van der Waals surface area contributed by atoms with Crippen LogP contribution in [0, 0.1) is 11.7 Å². The van der Waals surface area contributed by atoms with Gasteiger partial charge in [-0.05, 0) is 50.0 Å². The Morgan fingerprint density at radius 1 is 1.45 bits per heavy atom. The SMILES string of the molecule is CC(C)CC1CN(Cc2cc(Br)ccc2F)CCCN1. The van der Waals surface area contributed by atoms with E-state index in [2.05, 4.69) is 40.0 Å². The minimum Gasteiger partial charge on any atom is -0.313 e. The average Bonchev–Trinajstić information content (AvgIpc) is 2.58. The number of rotatable bonds is 4. The van der Waals surface area contributed by atoms with Crippen LogP contribution in [-0.2, 0) is 6.54 Å². The Hall–Kier alpha value is -0.450. The molecule has 1 N–H and O–H groups in total. The van der Waals surface area contributed by atoms with Gasteiger partial charge in [0.05, 0.1) is 0 Å². The van der Waals surface area contributed by atoms with Crippen LogP contribution >= 0.6 is 15.9 Å². The van der Waals surface area contributed by atoms with E-state index in [9.17, 15) is 4.39 Å². The topological polar surface area (TPSA) is 15.3 Å². The Morgan fingerprint density at radius 2 is 2.25 bits per heavy atom. The second-order valence-corrected chi connectivity index (χ2v) is 7.02. The third-order valence-corrected chi connectivity index (χ3v) is 4.21. The maximum atomic E-state index is 13.9. The van der Waals surface area contributed by atoms with Crippen LogP contribution in [0.5, 0.6) is 0 Å². The van der Waals surface area contributed by atoms with Gasteiger partial charge in [0.2, 0.25) is 0 Å².